The first-order valence-corrected chi connectivity index (χ1v) is 11.2. The lowest BCUT2D eigenvalue weighted by Crippen LogP contribution is -2.04. The van der Waals surface area contributed by atoms with Crippen LogP contribution in [-0.4, -0.2) is 25.6 Å². The fourth-order valence-corrected chi connectivity index (χ4v) is 4.77. The number of halogens is 1. The number of aromatic amines is 1. The van der Waals surface area contributed by atoms with Gasteiger partial charge in [0, 0.05) is 27.7 Å². The first-order chi connectivity index (χ1) is 16.0. The summed E-state index contributed by atoms with van der Waals surface area (Å²) in [7, 11) is 0. The number of imidazole rings is 1. The van der Waals surface area contributed by atoms with Crippen LogP contribution in [-0.2, 0) is 11.3 Å². The lowest BCUT2D eigenvalue weighted by molar-refractivity contribution is -0.131. The van der Waals surface area contributed by atoms with Gasteiger partial charge < -0.3 is 14.7 Å². The zero-order chi connectivity index (χ0) is 22.9. The highest BCUT2D eigenvalue weighted by atomic mass is 32.2. The Morgan fingerprint density at radius 1 is 1.09 bits per heavy atom. The number of aliphatic carboxylic acids is 1. The maximum absolute atomic E-state index is 14.3. The second kappa shape index (κ2) is 8.60. The predicted octanol–water partition coefficient (Wildman–Crippen LogP) is 6.23. The van der Waals surface area contributed by atoms with E-state index in [4.69, 9.17) is 0 Å². The largest absolute Gasteiger partial charge is 0.477 e. The summed E-state index contributed by atoms with van der Waals surface area (Å²) in [5, 5.41) is 11.3. The molecule has 5 aromatic rings. The van der Waals surface area contributed by atoms with Crippen molar-refractivity contribution in [2.24, 2.45) is 0 Å². The van der Waals surface area contributed by atoms with Gasteiger partial charge in [-0.15, -0.1) is 0 Å². The minimum Gasteiger partial charge on any atom is -0.477 e. The molecular formula is C26H20FN3O2S. The van der Waals surface area contributed by atoms with E-state index in [2.05, 4.69) is 9.97 Å². The molecule has 0 aliphatic rings. The van der Waals surface area contributed by atoms with Gasteiger partial charge in [-0.1, -0.05) is 48.5 Å². The van der Waals surface area contributed by atoms with Crippen LogP contribution in [0.5, 0.6) is 0 Å². The van der Waals surface area contributed by atoms with Crippen molar-refractivity contribution in [2.45, 2.75) is 18.6 Å². The van der Waals surface area contributed by atoms with E-state index in [1.165, 1.54) is 6.07 Å². The molecule has 0 amide bonds. The van der Waals surface area contributed by atoms with Crippen molar-refractivity contribution >= 4 is 45.7 Å². The van der Waals surface area contributed by atoms with Gasteiger partial charge >= 0.3 is 5.97 Å². The molecule has 2 N–H and O–H groups in total. The van der Waals surface area contributed by atoms with Crippen LogP contribution in [0.25, 0.3) is 28.0 Å². The highest BCUT2D eigenvalue weighted by molar-refractivity contribution is 8.04. The summed E-state index contributed by atoms with van der Waals surface area (Å²) in [6, 6.07) is 22.0. The van der Waals surface area contributed by atoms with Gasteiger partial charge in [0.2, 0.25) is 0 Å². The van der Waals surface area contributed by atoms with Gasteiger partial charge in [-0.05, 0) is 49.0 Å². The quantitative estimate of drug-likeness (QED) is 0.234. The lowest BCUT2D eigenvalue weighted by atomic mass is 10.1. The third kappa shape index (κ3) is 4.03. The number of carbonyl (C=O) groups is 1. The van der Waals surface area contributed by atoms with Gasteiger partial charge in [0.25, 0.3) is 0 Å². The Bertz CT molecular complexity index is 1500. The molecule has 0 radical (unpaired) electrons. The van der Waals surface area contributed by atoms with E-state index in [1.54, 1.807) is 18.2 Å². The molecule has 0 saturated carbocycles. The van der Waals surface area contributed by atoms with E-state index in [0.29, 0.717) is 17.3 Å². The number of H-pyrrole nitrogens is 1. The fraction of sp³-hybridized carbons (Fsp3) is 0.0769. The van der Waals surface area contributed by atoms with Crippen molar-refractivity contribution in [1.29, 1.82) is 0 Å². The van der Waals surface area contributed by atoms with Crippen LogP contribution in [0.2, 0.25) is 0 Å². The van der Waals surface area contributed by atoms with Crippen LogP contribution in [0.15, 0.2) is 82.9 Å². The molecule has 0 atom stereocenters. The maximum Gasteiger partial charge on any atom is 0.342 e. The van der Waals surface area contributed by atoms with Gasteiger partial charge in [0.15, 0.2) is 5.16 Å². The third-order valence-electron chi connectivity index (χ3n) is 5.63. The Kier molecular flexibility index (Phi) is 5.48. The van der Waals surface area contributed by atoms with Crippen LogP contribution in [0.4, 0.5) is 4.39 Å². The minimum absolute atomic E-state index is 0.144. The standard InChI is InChI=1S/C26H20FN3O2S/c1-16-19(14-24(25(31)32)33-26-28-21-11-5-6-12-22(21)29-26)18-9-3-7-13-23(18)30(16)15-17-8-2-4-10-20(17)27/h2-14H,15H2,1H3,(H,28,29)(H,31,32)/b24-14-. The topological polar surface area (TPSA) is 70.9 Å². The fourth-order valence-electron chi connectivity index (χ4n) is 3.99. The minimum atomic E-state index is -1.04. The molecule has 3 aromatic carbocycles. The number of hydrogen-bond donors (Lipinski definition) is 2. The average Bonchev–Trinajstić information content (AvgIpc) is 3.34. The monoisotopic (exact) mass is 457 g/mol. The summed E-state index contributed by atoms with van der Waals surface area (Å²) in [5.41, 5.74) is 4.78. The highest BCUT2D eigenvalue weighted by Crippen LogP contribution is 2.33. The zero-order valence-corrected chi connectivity index (χ0v) is 18.6. The Labute approximate surface area is 193 Å². The number of carboxylic acids is 1. The summed E-state index contributed by atoms with van der Waals surface area (Å²) in [6.07, 6.45) is 1.68. The van der Waals surface area contributed by atoms with Crippen molar-refractivity contribution in [3.8, 4) is 0 Å². The Morgan fingerprint density at radius 3 is 2.61 bits per heavy atom. The SMILES string of the molecule is Cc1c(/C=C(\Sc2nc3ccccc3[nH]2)C(=O)O)c2ccccc2n1Cc1ccccc1F. The lowest BCUT2D eigenvalue weighted by Gasteiger charge is -2.09. The summed E-state index contributed by atoms with van der Waals surface area (Å²) in [6.45, 7) is 2.28. The molecule has 164 valence electrons. The Balaban J connectivity index is 1.59. The smallest absolute Gasteiger partial charge is 0.342 e. The predicted molar refractivity (Wildman–Crippen MR) is 130 cm³/mol. The molecule has 7 heteroatoms. The van der Waals surface area contributed by atoms with Crippen LogP contribution in [0.1, 0.15) is 16.8 Å². The highest BCUT2D eigenvalue weighted by Gasteiger charge is 2.18. The van der Waals surface area contributed by atoms with Crippen molar-refractivity contribution in [3.63, 3.8) is 0 Å². The molecule has 5 rings (SSSR count). The van der Waals surface area contributed by atoms with Gasteiger partial charge in [-0.3, -0.25) is 0 Å². The number of hydrogen-bond acceptors (Lipinski definition) is 3. The molecule has 2 aromatic heterocycles. The van der Waals surface area contributed by atoms with E-state index >= 15 is 0 Å². The number of thioether (sulfide) groups is 1. The zero-order valence-electron chi connectivity index (χ0n) is 17.7. The molecule has 0 aliphatic heterocycles. The summed E-state index contributed by atoms with van der Waals surface area (Å²) in [5.74, 6) is -1.30. The number of aromatic nitrogens is 3. The molecule has 0 saturated heterocycles. The summed E-state index contributed by atoms with van der Waals surface area (Å²) >= 11 is 1.08. The number of para-hydroxylation sites is 3. The van der Waals surface area contributed by atoms with E-state index < -0.39 is 5.97 Å². The van der Waals surface area contributed by atoms with Gasteiger partial charge in [0.05, 0.1) is 17.6 Å². The van der Waals surface area contributed by atoms with E-state index in [1.807, 2.05) is 66.1 Å². The first-order valence-electron chi connectivity index (χ1n) is 10.4. The van der Waals surface area contributed by atoms with Crippen LogP contribution in [0, 0.1) is 12.7 Å². The molecule has 5 nitrogen and oxygen atoms in total. The molecule has 2 heterocycles. The second-order valence-corrected chi connectivity index (χ2v) is 8.70. The first kappa shape index (κ1) is 21.0. The summed E-state index contributed by atoms with van der Waals surface area (Å²) in [4.78, 5) is 19.9. The average molecular weight is 458 g/mol. The van der Waals surface area contributed by atoms with Crippen molar-refractivity contribution in [1.82, 2.24) is 14.5 Å². The number of fused-ring (bicyclic) bond motifs is 2. The number of nitrogens with zero attached hydrogens (tertiary/aromatic N) is 2. The van der Waals surface area contributed by atoms with Crippen LogP contribution >= 0.6 is 11.8 Å². The third-order valence-corrected chi connectivity index (χ3v) is 6.53. The van der Waals surface area contributed by atoms with Crippen LogP contribution in [0.3, 0.4) is 0 Å². The van der Waals surface area contributed by atoms with Crippen molar-refractivity contribution in [3.05, 3.63) is 100 Å². The number of nitrogens with one attached hydrogen (secondary N) is 1. The molecule has 0 aliphatic carbocycles. The summed E-state index contributed by atoms with van der Waals surface area (Å²) < 4.78 is 16.4. The van der Waals surface area contributed by atoms with Gasteiger partial charge in [-0.2, -0.15) is 0 Å². The second-order valence-electron chi connectivity index (χ2n) is 7.67. The molecule has 0 spiro atoms. The molecule has 0 bridgehead atoms. The molecule has 0 fully saturated rings. The van der Waals surface area contributed by atoms with Crippen LogP contribution < -0.4 is 0 Å². The molecule has 33 heavy (non-hydrogen) atoms. The van der Waals surface area contributed by atoms with E-state index in [-0.39, 0.29) is 10.7 Å². The van der Waals surface area contributed by atoms with Gasteiger partial charge in [-0.25, -0.2) is 14.2 Å². The van der Waals surface area contributed by atoms with Crippen molar-refractivity contribution < 1.29 is 14.3 Å². The Morgan fingerprint density at radius 2 is 1.82 bits per heavy atom. The number of carboxylic acid groups (broad SMARTS) is 1. The van der Waals surface area contributed by atoms with E-state index in [0.717, 1.165) is 45.0 Å². The Hall–Kier alpha value is -3.84. The number of rotatable bonds is 6. The van der Waals surface area contributed by atoms with E-state index in [9.17, 15) is 14.3 Å². The number of benzene rings is 3. The maximum atomic E-state index is 14.3. The van der Waals surface area contributed by atoms with Gasteiger partial charge in [0.1, 0.15) is 10.7 Å². The molecule has 0 unspecified atom stereocenters. The molecular weight excluding hydrogens is 437 g/mol. The van der Waals surface area contributed by atoms with Crippen molar-refractivity contribution in [2.75, 3.05) is 0 Å². The normalized spacial score (nSPS) is 12.0.